The number of nitrogens with one attached hydrogen (secondary N) is 4. The summed E-state index contributed by atoms with van der Waals surface area (Å²) in [5.41, 5.74) is 38.5. The SMILES string of the molecule is CC(C)C[C@H](NC(=O)[C@H](CCCN=C(N)N)NC(=O)c1cn(C[C@H](CCCN=C(N)N)NC(=O)[C@H](C)NC(=O)[C@@H](N)CCCCN)nn1)C(N)=O. The third-order valence-electron chi connectivity index (χ3n) is 7.52. The third-order valence-corrected chi connectivity index (χ3v) is 7.52. The second kappa shape index (κ2) is 23.4. The molecule has 288 valence electrons. The van der Waals surface area contributed by atoms with Gasteiger partial charge in [0.1, 0.15) is 18.1 Å². The van der Waals surface area contributed by atoms with E-state index in [1.54, 1.807) is 0 Å². The Morgan fingerprint density at radius 1 is 0.765 bits per heavy atom. The highest BCUT2D eigenvalue weighted by Crippen LogP contribution is 2.08. The second-order valence-corrected chi connectivity index (χ2v) is 12.7. The van der Waals surface area contributed by atoms with E-state index in [0.29, 0.717) is 51.6 Å². The molecule has 0 aliphatic carbocycles. The van der Waals surface area contributed by atoms with Crippen LogP contribution in [0.15, 0.2) is 16.2 Å². The molecule has 0 unspecified atom stereocenters. The number of nitrogens with two attached hydrogens (primary N) is 7. The van der Waals surface area contributed by atoms with Crippen molar-refractivity contribution >= 4 is 41.5 Å². The lowest BCUT2D eigenvalue weighted by Gasteiger charge is -2.22. The van der Waals surface area contributed by atoms with Gasteiger partial charge in [-0.05, 0) is 64.3 Å². The highest BCUT2D eigenvalue weighted by Gasteiger charge is 2.28. The zero-order valence-electron chi connectivity index (χ0n) is 29.8. The summed E-state index contributed by atoms with van der Waals surface area (Å²) in [5.74, 6) is -3.10. The fourth-order valence-electron chi connectivity index (χ4n) is 4.82. The number of unbranched alkanes of at least 4 members (excludes halogenated alkanes) is 1. The average molecular weight is 723 g/mol. The van der Waals surface area contributed by atoms with Crippen molar-refractivity contribution < 1.29 is 24.0 Å². The third kappa shape index (κ3) is 18.5. The Morgan fingerprint density at radius 2 is 1.39 bits per heavy atom. The van der Waals surface area contributed by atoms with E-state index in [1.807, 2.05) is 13.8 Å². The smallest absolute Gasteiger partial charge is 0.274 e. The molecule has 1 heterocycles. The first kappa shape index (κ1) is 44.0. The summed E-state index contributed by atoms with van der Waals surface area (Å²) in [6.45, 7) is 6.36. The van der Waals surface area contributed by atoms with Crippen molar-refractivity contribution in [1.29, 1.82) is 0 Å². The molecule has 1 aromatic rings. The molecule has 0 aliphatic rings. The maximum absolute atomic E-state index is 13.2. The van der Waals surface area contributed by atoms with Gasteiger partial charge in [-0.1, -0.05) is 25.5 Å². The van der Waals surface area contributed by atoms with Crippen LogP contribution in [0.4, 0.5) is 0 Å². The Labute approximate surface area is 298 Å². The zero-order valence-corrected chi connectivity index (χ0v) is 29.8. The van der Waals surface area contributed by atoms with E-state index < -0.39 is 59.7 Å². The van der Waals surface area contributed by atoms with Gasteiger partial charge in [-0.2, -0.15) is 0 Å². The van der Waals surface area contributed by atoms with Crippen LogP contribution in [-0.2, 0) is 25.7 Å². The van der Waals surface area contributed by atoms with Crippen LogP contribution in [0, 0.1) is 5.92 Å². The van der Waals surface area contributed by atoms with Crippen LogP contribution in [0.25, 0.3) is 0 Å². The highest BCUT2D eigenvalue weighted by molar-refractivity contribution is 5.97. The van der Waals surface area contributed by atoms with E-state index >= 15 is 0 Å². The summed E-state index contributed by atoms with van der Waals surface area (Å²) in [5, 5.41) is 18.7. The first-order valence-corrected chi connectivity index (χ1v) is 17.0. The van der Waals surface area contributed by atoms with Gasteiger partial charge in [0.05, 0.1) is 18.8 Å². The molecule has 0 aliphatic heterocycles. The molecule has 5 atom stereocenters. The van der Waals surface area contributed by atoms with Crippen LogP contribution in [0.5, 0.6) is 0 Å². The first-order chi connectivity index (χ1) is 24.0. The minimum atomic E-state index is -1.08. The zero-order chi connectivity index (χ0) is 38.5. The van der Waals surface area contributed by atoms with Gasteiger partial charge in [-0.25, -0.2) is 4.68 Å². The number of aliphatic imine (C=N–C) groups is 2. The Hall–Kier alpha value is -5.05. The van der Waals surface area contributed by atoms with Gasteiger partial charge < -0.3 is 61.4 Å². The van der Waals surface area contributed by atoms with Crippen molar-refractivity contribution in [1.82, 2.24) is 36.3 Å². The topological polar surface area (TPSA) is 371 Å². The monoisotopic (exact) mass is 722 g/mol. The maximum Gasteiger partial charge on any atom is 0.274 e. The van der Waals surface area contributed by atoms with Gasteiger partial charge in [-0.3, -0.25) is 34.0 Å². The van der Waals surface area contributed by atoms with Gasteiger partial charge in [0.2, 0.25) is 23.6 Å². The molecule has 0 bridgehead atoms. The maximum atomic E-state index is 13.2. The predicted octanol–water partition coefficient (Wildman–Crippen LogP) is -4.05. The van der Waals surface area contributed by atoms with Gasteiger partial charge >= 0.3 is 0 Å². The molecule has 5 amide bonds. The number of amides is 5. The van der Waals surface area contributed by atoms with Crippen LogP contribution < -0.4 is 61.4 Å². The standard InChI is InChI=1S/C30H58N16O5/c1-17(2)14-22(24(33)47)43-27(50)21(10-7-13-39-30(36)37)42-28(51)23-16-46(45-44-23)15-19(8-6-12-38-29(34)35)41-25(48)18(3)40-26(49)20(32)9-4-5-11-31/h16-22H,4-15,31-32H2,1-3H3,(H2,33,47)(H,40,49)(H,41,48)(H,42,51)(H,43,50)(H4,34,35,38)(H4,36,37,39)/t18-,19-,20-,21-,22-/m0/s1. The number of primary amides is 1. The van der Waals surface area contributed by atoms with Gasteiger partial charge in [0.25, 0.3) is 5.91 Å². The number of hydrogen-bond donors (Lipinski definition) is 11. The lowest BCUT2D eigenvalue weighted by atomic mass is 10.0. The van der Waals surface area contributed by atoms with Crippen molar-refractivity contribution in [3.8, 4) is 0 Å². The summed E-state index contributed by atoms with van der Waals surface area (Å²) in [7, 11) is 0. The molecular formula is C30H58N16O5. The average Bonchev–Trinajstić information content (AvgIpc) is 3.52. The summed E-state index contributed by atoms with van der Waals surface area (Å²) >= 11 is 0. The van der Waals surface area contributed by atoms with E-state index in [4.69, 9.17) is 40.1 Å². The van der Waals surface area contributed by atoms with Crippen molar-refractivity contribution in [2.24, 2.45) is 56.0 Å². The van der Waals surface area contributed by atoms with E-state index in [2.05, 4.69) is 41.6 Å². The Morgan fingerprint density at radius 3 is 1.96 bits per heavy atom. The lowest BCUT2D eigenvalue weighted by molar-refractivity contribution is -0.129. The quantitative estimate of drug-likeness (QED) is 0.0260. The largest absolute Gasteiger partial charge is 0.370 e. The van der Waals surface area contributed by atoms with Crippen molar-refractivity contribution in [2.45, 2.75) is 109 Å². The molecule has 21 heteroatoms. The molecule has 51 heavy (non-hydrogen) atoms. The van der Waals surface area contributed by atoms with E-state index in [0.717, 1.165) is 6.42 Å². The molecule has 18 N–H and O–H groups in total. The van der Waals surface area contributed by atoms with Crippen LogP contribution >= 0.6 is 0 Å². The molecule has 1 aromatic heterocycles. The molecule has 0 radical (unpaired) electrons. The molecule has 0 fully saturated rings. The van der Waals surface area contributed by atoms with Gasteiger partial charge in [0, 0.05) is 19.1 Å². The van der Waals surface area contributed by atoms with Crippen LogP contribution in [0.3, 0.4) is 0 Å². The molecule has 1 rings (SSSR count). The number of aromatic nitrogens is 3. The van der Waals surface area contributed by atoms with E-state index in [-0.39, 0.29) is 43.0 Å². The van der Waals surface area contributed by atoms with Crippen LogP contribution in [0.2, 0.25) is 0 Å². The van der Waals surface area contributed by atoms with Crippen molar-refractivity contribution in [3.63, 3.8) is 0 Å². The fourth-order valence-corrected chi connectivity index (χ4v) is 4.82. The van der Waals surface area contributed by atoms with Gasteiger partial charge in [0.15, 0.2) is 17.6 Å². The minimum absolute atomic E-state index is 0.0599. The highest BCUT2D eigenvalue weighted by atomic mass is 16.2. The molecule has 0 saturated heterocycles. The minimum Gasteiger partial charge on any atom is -0.370 e. The summed E-state index contributed by atoms with van der Waals surface area (Å²) in [6, 6.07) is -4.25. The number of carbonyl (C=O) groups is 5. The number of carbonyl (C=O) groups excluding carboxylic acids is 5. The van der Waals surface area contributed by atoms with E-state index in [1.165, 1.54) is 17.8 Å². The summed E-state index contributed by atoms with van der Waals surface area (Å²) in [4.78, 5) is 71.9. The first-order valence-electron chi connectivity index (χ1n) is 17.0. The number of nitrogens with zero attached hydrogens (tertiary/aromatic N) is 5. The Kier molecular flexibility index (Phi) is 20.2. The molecule has 0 spiro atoms. The fraction of sp³-hybridized carbons (Fsp3) is 0.700. The van der Waals surface area contributed by atoms with Crippen molar-refractivity contribution in [3.05, 3.63) is 11.9 Å². The normalized spacial score (nSPS) is 13.9. The predicted molar refractivity (Wildman–Crippen MR) is 192 cm³/mol. The van der Waals surface area contributed by atoms with E-state index in [9.17, 15) is 24.0 Å². The molecule has 0 saturated carbocycles. The number of rotatable bonds is 25. The van der Waals surface area contributed by atoms with Crippen LogP contribution in [0.1, 0.15) is 82.6 Å². The molecule has 0 aromatic carbocycles. The summed E-state index contributed by atoms with van der Waals surface area (Å²) < 4.78 is 1.36. The number of guanidine groups is 2. The second-order valence-electron chi connectivity index (χ2n) is 12.7. The Bertz CT molecular complexity index is 1330. The Balaban J connectivity index is 3.06. The molecule has 21 nitrogen and oxygen atoms in total. The lowest BCUT2D eigenvalue weighted by Crippen LogP contribution is -2.53. The summed E-state index contributed by atoms with van der Waals surface area (Å²) in [6.07, 6.45) is 4.86. The van der Waals surface area contributed by atoms with Gasteiger partial charge in [-0.15, -0.1) is 5.10 Å². The van der Waals surface area contributed by atoms with Crippen molar-refractivity contribution in [2.75, 3.05) is 19.6 Å². The van der Waals surface area contributed by atoms with Crippen LogP contribution in [-0.4, -0.2) is 106 Å². The molecular weight excluding hydrogens is 664 g/mol. The number of hydrogen-bond acceptors (Lipinski definition) is 11.